The summed E-state index contributed by atoms with van der Waals surface area (Å²) in [5, 5.41) is 5.98. The van der Waals surface area contributed by atoms with Gasteiger partial charge in [0.25, 0.3) is 0 Å². The Morgan fingerprint density at radius 3 is 2.36 bits per heavy atom. The molecule has 5 rings (SSSR count). The van der Waals surface area contributed by atoms with E-state index in [1.54, 1.807) is 6.07 Å². The van der Waals surface area contributed by atoms with Crippen LogP contribution in [0.4, 0.5) is 23.5 Å². The highest BCUT2D eigenvalue weighted by atomic mass is 32.2. The number of carbonyl (C=O) groups is 1. The summed E-state index contributed by atoms with van der Waals surface area (Å²) in [6.07, 6.45) is -0.594. The molecule has 9 nitrogen and oxygen atoms in total. The van der Waals surface area contributed by atoms with Gasteiger partial charge >= 0.3 is 6.18 Å². The molecule has 0 radical (unpaired) electrons. The lowest BCUT2D eigenvalue weighted by Gasteiger charge is -2.23. The highest BCUT2D eigenvalue weighted by Crippen LogP contribution is 2.31. The molecule has 0 bridgehead atoms. The molecular weight excluding hydrogens is 600 g/mol. The van der Waals surface area contributed by atoms with Gasteiger partial charge in [0, 0.05) is 24.7 Å². The quantitative estimate of drug-likeness (QED) is 0.312. The summed E-state index contributed by atoms with van der Waals surface area (Å²) < 4.78 is 80.3. The number of alkyl halides is 3. The molecule has 2 aromatic carbocycles. The molecule has 3 heterocycles. The lowest BCUT2D eigenvalue weighted by atomic mass is 10.1. The molecule has 236 valence electrons. The standard InChI is InChI=1S/C30H34F4N6O3S/c1-39-16-2-4-24(39)14-15-35-29-37-23(18-26(38-29)20-6-8-21(9-7-20)30(32,33)34)19-36-28(41)27-5-3-17-40(27)44(42,43)25-12-10-22(31)11-13-25/h6-13,18,24,27H,2-5,14-17,19H2,1H3,(H,36,41)(H,35,37,38). The molecule has 2 atom stereocenters. The van der Waals surface area contributed by atoms with Crippen LogP contribution in [0, 0.1) is 5.82 Å². The number of sulfonamides is 1. The Morgan fingerprint density at radius 1 is 1.00 bits per heavy atom. The third kappa shape index (κ3) is 7.36. The van der Waals surface area contributed by atoms with E-state index in [4.69, 9.17) is 0 Å². The van der Waals surface area contributed by atoms with Crippen molar-refractivity contribution < 1.29 is 30.8 Å². The first-order valence-corrected chi connectivity index (χ1v) is 15.9. The van der Waals surface area contributed by atoms with Gasteiger partial charge in [0.15, 0.2) is 0 Å². The van der Waals surface area contributed by atoms with Crippen LogP contribution in [0.2, 0.25) is 0 Å². The maximum Gasteiger partial charge on any atom is 0.416 e. The van der Waals surface area contributed by atoms with Crippen molar-refractivity contribution in [3.05, 3.63) is 71.7 Å². The van der Waals surface area contributed by atoms with Crippen LogP contribution in [0.15, 0.2) is 59.5 Å². The minimum atomic E-state index is -4.47. The summed E-state index contributed by atoms with van der Waals surface area (Å²) in [6, 6.07) is 10.1. The second-order valence-corrected chi connectivity index (χ2v) is 13.0. The van der Waals surface area contributed by atoms with Crippen molar-refractivity contribution in [2.45, 2.75) is 61.8 Å². The Balaban J connectivity index is 1.32. The molecule has 44 heavy (non-hydrogen) atoms. The fourth-order valence-electron chi connectivity index (χ4n) is 5.67. The summed E-state index contributed by atoms with van der Waals surface area (Å²) in [6.45, 7) is 1.71. The van der Waals surface area contributed by atoms with Crippen LogP contribution in [0.25, 0.3) is 11.3 Å². The number of hydrogen-bond donors (Lipinski definition) is 2. The summed E-state index contributed by atoms with van der Waals surface area (Å²) in [7, 11) is -1.95. The zero-order valence-electron chi connectivity index (χ0n) is 24.1. The van der Waals surface area contributed by atoms with E-state index < -0.39 is 39.5 Å². The van der Waals surface area contributed by atoms with E-state index >= 15 is 0 Å². The molecule has 14 heteroatoms. The Morgan fingerprint density at radius 2 is 1.70 bits per heavy atom. The van der Waals surface area contributed by atoms with E-state index in [9.17, 15) is 30.8 Å². The van der Waals surface area contributed by atoms with Crippen molar-refractivity contribution in [2.75, 3.05) is 32.0 Å². The molecule has 1 aromatic heterocycles. The lowest BCUT2D eigenvalue weighted by Crippen LogP contribution is -2.45. The van der Waals surface area contributed by atoms with Gasteiger partial charge in [-0.2, -0.15) is 17.5 Å². The number of aromatic nitrogens is 2. The van der Waals surface area contributed by atoms with Crippen LogP contribution in [0.3, 0.4) is 0 Å². The van der Waals surface area contributed by atoms with Crippen molar-refractivity contribution in [1.29, 1.82) is 0 Å². The minimum absolute atomic E-state index is 0.0596. The van der Waals surface area contributed by atoms with Crippen molar-refractivity contribution >= 4 is 21.9 Å². The predicted molar refractivity (Wildman–Crippen MR) is 156 cm³/mol. The van der Waals surface area contributed by atoms with Gasteiger partial charge in [-0.3, -0.25) is 4.79 Å². The molecular formula is C30H34F4N6O3S. The average molecular weight is 635 g/mol. The Hall–Kier alpha value is -3.62. The normalized spacial score (nSPS) is 19.8. The minimum Gasteiger partial charge on any atom is -0.354 e. The fourth-order valence-corrected chi connectivity index (χ4v) is 7.32. The second-order valence-electron chi connectivity index (χ2n) is 11.1. The summed E-state index contributed by atoms with van der Waals surface area (Å²) in [4.78, 5) is 24.5. The monoisotopic (exact) mass is 634 g/mol. The topological polar surface area (TPSA) is 108 Å². The fraction of sp³-hybridized carbons (Fsp3) is 0.433. The molecule has 2 aliphatic rings. The first-order chi connectivity index (χ1) is 20.9. The van der Waals surface area contributed by atoms with Gasteiger partial charge in [-0.1, -0.05) is 12.1 Å². The number of amides is 1. The third-order valence-corrected chi connectivity index (χ3v) is 10.0. The SMILES string of the molecule is CN1CCCC1CCNc1nc(CNC(=O)C2CCCN2S(=O)(=O)c2ccc(F)cc2)cc(-c2ccc(C(F)(F)F)cc2)n1. The summed E-state index contributed by atoms with van der Waals surface area (Å²) in [5.41, 5.74) is 0.437. The molecule has 0 spiro atoms. The van der Waals surface area contributed by atoms with Crippen LogP contribution in [0.5, 0.6) is 0 Å². The lowest BCUT2D eigenvalue weighted by molar-refractivity contribution is -0.137. The number of rotatable bonds is 10. The molecule has 2 unspecified atom stereocenters. The maximum absolute atomic E-state index is 13.4. The van der Waals surface area contributed by atoms with Gasteiger partial charge in [-0.25, -0.2) is 22.8 Å². The number of nitrogens with one attached hydrogen (secondary N) is 2. The van der Waals surface area contributed by atoms with E-state index in [1.807, 2.05) is 0 Å². The third-order valence-electron chi connectivity index (χ3n) is 8.09. The zero-order chi connectivity index (χ0) is 31.5. The van der Waals surface area contributed by atoms with Crippen LogP contribution in [0.1, 0.15) is 43.4 Å². The Kier molecular flexibility index (Phi) is 9.51. The molecule has 0 aliphatic carbocycles. The number of carbonyl (C=O) groups excluding carboxylic acids is 1. The molecule has 0 saturated carbocycles. The van der Waals surface area contributed by atoms with Crippen molar-refractivity contribution in [3.63, 3.8) is 0 Å². The second kappa shape index (κ2) is 13.2. The smallest absolute Gasteiger partial charge is 0.354 e. The van der Waals surface area contributed by atoms with Gasteiger partial charge in [-0.05, 0) is 88.2 Å². The average Bonchev–Trinajstić information content (AvgIpc) is 3.66. The maximum atomic E-state index is 13.4. The molecule has 2 fully saturated rings. The van der Waals surface area contributed by atoms with Crippen LogP contribution in [-0.4, -0.2) is 72.3 Å². The molecule has 1 amide bonds. The highest BCUT2D eigenvalue weighted by Gasteiger charge is 2.39. The van der Waals surface area contributed by atoms with E-state index in [-0.39, 0.29) is 23.9 Å². The first-order valence-electron chi connectivity index (χ1n) is 14.5. The number of benzene rings is 2. The number of anilines is 1. The number of hydrogen-bond acceptors (Lipinski definition) is 7. The van der Waals surface area contributed by atoms with Gasteiger partial charge in [-0.15, -0.1) is 0 Å². The van der Waals surface area contributed by atoms with Crippen molar-refractivity contribution in [1.82, 2.24) is 24.5 Å². The highest BCUT2D eigenvalue weighted by molar-refractivity contribution is 7.89. The zero-order valence-corrected chi connectivity index (χ0v) is 25.0. The molecule has 2 saturated heterocycles. The van der Waals surface area contributed by atoms with Gasteiger partial charge < -0.3 is 15.5 Å². The summed E-state index contributed by atoms with van der Waals surface area (Å²) in [5.74, 6) is -0.810. The van der Waals surface area contributed by atoms with E-state index in [0.717, 1.165) is 54.4 Å². The number of nitrogens with zero attached hydrogens (tertiary/aromatic N) is 4. The van der Waals surface area contributed by atoms with Crippen LogP contribution in [-0.2, 0) is 27.5 Å². The van der Waals surface area contributed by atoms with Crippen LogP contribution < -0.4 is 10.6 Å². The largest absolute Gasteiger partial charge is 0.416 e. The molecule has 3 aromatic rings. The first kappa shape index (κ1) is 31.8. The predicted octanol–water partition coefficient (Wildman–Crippen LogP) is 4.67. The van der Waals surface area contributed by atoms with Gasteiger partial charge in [0.1, 0.15) is 11.9 Å². The van der Waals surface area contributed by atoms with E-state index in [0.29, 0.717) is 42.4 Å². The summed E-state index contributed by atoms with van der Waals surface area (Å²) >= 11 is 0. The van der Waals surface area contributed by atoms with E-state index in [2.05, 4.69) is 32.5 Å². The number of likely N-dealkylation sites (tertiary alicyclic amines) is 1. The number of halogens is 4. The molecule has 2 aliphatic heterocycles. The van der Waals surface area contributed by atoms with E-state index in [1.165, 1.54) is 24.3 Å². The van der Waals surface area contributed by atoms with Gasteiger partial charge in [0.05, 0.1) is 28.4 Å². The van der Waals surface area contributed by atoms with Crippen molar-refractivity contribution in [2.24, 2.45) is 0 Å². The Labute approximate surface area is 253 Å². The molecule has 2 N–H and O–H groups in total. The van der Waals surface area contributed by atoms with Crippen molar-refractivity contribution in [3.8, 4) is 11.3 Å². The van der Waals surface area contributed by atoms with Crippen LogP contribution >= 0.6 is 0 Å². The van der Waals surface area contributed by atoms with Gasteiger partial charge in [0.2, 0.25) is 21.9 Å². The Bertz CT molecular complexity index is 1570.